The van der Waals surface area contributed by atoms with Crippen molar-refractivity contribution in [3.63, 3.8) is 0 Å². The van der Waals surface area contributed by atoms with Crippen LogP contribution in [-0.2, 0) is 16.0 Å². The van der Waals surface area contributed by atoms with E-state index in [1.807, 2.05) is 0 Å². The molecule has 2 saturated heterocycles. The van der Waals surface area contributed by atoms with E-state index < -0.39 is 6.10 Å². The highest BCUT2D eigenvalue weighted by Gasteiger charge is 2.59. The van der Waals surface area contributed by atoms with Gasteiger partial charge in [-0.15, -0.1) is 0 Å². The summed E-state index contributed by atoms with van der Waals surface area (Å²) >= 11 is 0. The maximum Gasteiger partial charge on any atom is 0.311 e. The van der Waals surface area contributed by atoms with Crippen molar-refractivity contribution in [3.05, 3.63) is 47.5 Å². The molecule has 0 amide bonds. The molecule has 6 atom stereocenters. The molecule has 0 unspecified atom stereocenters. The Labute approximate surface area is 186 Å². The number of hydrogen-bond acceptors (Lipinski definition) is 4. The molecule has 1 saturated carbocycles. The molecule has 2 heterocycles. The van der Waals surface area contributed by atoms with Crippen LogP contribution in [0.1, 0.15) is 51.5 Å². The van der Waals surface area contributed by atoms with Crippen molar-refractivity contribution in [1.82, 2.24) is 4.90 Å². The minimum atomic E-state index is -0.500. The summed E-state index contributed by atoms with van der Waals surface area (Å²) in [6.07, 6.45) is 8.16. The van der Waals surface area contributed by atoms with Crippen molar-refractivity contribution in [1.29, 1.82) is 0 Å². The molecule has 4 heteroatoms. The number of ether oxygens (including phenoxy) is 1. The zero-order valence-electron chi connectivity index (χ0n) is 19.0. The van der Waals surface area contributed by atoms with E-state index in [1.54, 1.807) is 0 Å². The van der Waals surface area contributed by atoms with Crippen molar-refractivity contribution in [2.75, 3.05) is 19.6 Å². The Hall–Kier alpha value is -1.65. The van der Waals surface area contributed by atoms with Crippen LogP contribution in [0.2, 0.25) is 0 Å². The number of piperidine rings is 1. The standard InChI is InChI=1S/C27H37NO3/c1-18-7-6-10-21-16-23-24(25(29)27(18,21)2)22(26(30)31-23)17-28-13-11-20(12-14-28)15-19-8-4-3-5-9-19/h3-5,8-10,18,20,22-25,29H,6-7,11-17H2,1-2H3/t18-,22-,23-,24-,25+,27-/m1/s1. The number of rotatable bonds is 4. The Bertz CT molecular complexity index is 828. The van der Waals surface area contributed by atoms with Gasteiger partial charge < -0.3 is 14.7 Å². The SMILES string of the molecule is C[C@@H]1CCC=C2C[C@H]3OC(=O)[C@H](CN4CCC(Cc5ccccc5)CC4)[C@H]3[C@H](O)[C@@]21C. The minimum absolute atomic E-state index is 0.0720. The lowest BCUT2D eigenvalue weighted by atomic mass is 9.55. The lowest BCUT2D eigenvalue weighted by molar-refractivity contribution is -0.145. The summed E-state index contributed by atoms with van der Waals surface area (Å²) in [6.45, 7) is 7.29. The summed E-state index contributed by atoms with van der Waals surface area (Å²) in [5.41, 5.74) is 2.52. The van der Waals surface area contributed by atoms with Gasteiger partial charge in [0, 0.05) is 24.3 Å². The number of allylic oxidation sites excluding steroid dienone is 1. The van der Waals surface area contributed by atoms with E-state index in [4.69, 9.17) is 4.74 Å². The van der Waals surface area contributed by atoms with Gasteiger partial charge >= 0.3 is 5.97 Å². The quantitative estimate of drug-likeness (QED) is 0.582. The van der Waals surface area contributed by atoms with Crippen molar-refractivity contribution in [2.45, 2.75) is 64.6 Å². The second-order valence-electron chi connectivity index (χ2n) is 10.7. The molecule has 0 spiro atoms. The van der Waals surface area contributed by atoms with Gasteiger partial charge in [-0.2, -0.15) is 0 Å². The normalized spacial score (nSPS) is 38.9. The highest BCUT2D eigenvalue weighted by atomic mass is 16.6. The molecule has 1 N–H and O–H groups in total. The van der Waals surface area contributed by atoms with Crippen LogP contribution in [0.3, 0.4) is 0 Å². The Kier molecular flexibility index (Phi) is 5.72. The minimum Gasteiger partial charge on any atom is -0.461 e. The second-order valence-corrected chi connectivity index (χ2v) is 10.7. The van der Waals surface area contributed by atoms with Crippen molar-refractivity contribution < 1.29 is 14.6 Å². The number of fused-ring (bicyclic) bond motifs is 2. The second kappa shape index (κ2) is 8.37. The fourth-order valence-corrected chi connectivity index (χ4v) is 6.87. The van der Waals surface area contributed by atoms with Crippen LogP contribution in [0, 0.1) is 29.1 Å². The molecule has 168 valence electrons. The lowest BCUT2D eigenvalue weighted by Gasteiger charge is -2.52. The average molecular weight is 424 g/mol. The zero-order chi connectivity index (χ0) is 21.6. The van der Waals surface area contributed by atoms with E-state index in [2.05, 4.69) is 55.2 Å². The van der Waals surface area contributed by atoms with Gasteiger partial charge in [-0.3, -0.25) is 4.79 Å². The molecule has 5 rings (SSSR count). The third kappa shape index (κ3) is 3.76. The molecule has 2 aliphatic heterocycles. The third-order valence-electron chi connectivity index (χ3n) is 9.10. The van der Waals surface area contributed by atoms with E-state index in [-0.39, 0.29) is 29.3 Å². The van der Waals surface area contributed by atoms with Crippen LogP contribution < -0.4 is 0 Å². The first-order valence-electron chi connectivity index (χ1n) is 12.3. The average Bonchev–Trinajstić information content (AvgIpc) is 3.07. The molecule has 0 aromatic heterocycles. The maximum atomic E-state index is 12.9. The summed E-state index contributed by atoms with van der Waals surface area (Å²) in [5, 5.41) is 11.5. The van der Waals surface area contributed by atoms with Crippen molar-refractivity contribution in [2.24, 2.45) is 29.1 Å². The first-order valence-corrected chi connectivity index (χ1v) is 12.3. The molecule has 4 nitrogen and oxygen atoms in total. The fraction of sp³-hybridized carbons (Fsp3) is 0.667. The number of aliphatic hydroxyl groups excluding tert-OH is 1. The summed E-state index contributed by atoms with van der Waals surface area (Å²) in [6, 6.07) is 10.8. The van der Waals surface area contributed by atoms with Gasteiger partial charge in [0.2, 0.25) is 0 Å². The van der Waals surface area contributed by atoms with Crippen LogP contribution in [0.25, 0.3) is 0 Å². The molecule has 1 aromatic carbocycles. The number of likely N-dealkylation sites (tertiary alicyclic amines) is 1. The van der Waals surface area contributed by atoms with Crippen LogP contribution in [0.15, 0.2) is 42.0 Å². The largest absolute Gasteiger partial charge is 0.461 e. The topological polar surface area (TPSA) is 49.8 Å². The highest BCUT2D eigenvalue weighted by Crippen LogP contribution is 2.56. The van der Waals surface area contributed by atoms with Gasteiger partial charge in [0.15, 0.2) is 0 Å². The number of nitrogens with zero attached hydrogens (tertiary/aromatic N) is 1. The van der Waals surface area contributed by atoms with Crippen LogP contribution in [0.4, 0.5) is 0 Å². The smallest absolute Gasteiger partial charge is 0.311 e. The molecule has 2 aliphatic carbocycles. The molecule has 31 heavy (non-hydrogen) atoms. The predicted octanol–water partition coefficient (Wildman–Crippen LogP) is 4.23. The first-order chi connectivity index (χ1) is 15.0. The maximum absolute atomic E-state index is 12.9. The third-order valence-corrected chi connectivity index (χ3v) is 9.10. The Balaban J connectivity index is 1.24. The Morgan fingerprint density at radius 2 is 1.90 bits per heavy atom. The van der Waals surface area contributed by atoms with Gasteiger partial charge in [0.05, 0.1) is 12.0 Å². The summed E-state index contributed by atoms with van der Waals surface area (Å²) < 4.78 is 5.85. The number of benzene rings is 1. The lowest BCUT2D eigenvalue weighted by Crippen LogP contribution is -2.55. The molecule has 4 aliphatic rings. The molecule has 3 fully saturated rings. The summed E-state index contributed by atoms with van der Waals surface area (Å²) in [7, 11) is 0. The van der Waals surface area contributed by atoms with Crippen LogP contribution in [0.5, 0.6) is 0 Å². The van der Waals surface area contributed by atoms with E-state index in [1.165, 1.54) is 24.0 Å². The van der Waals surface area contributed by atoms with E-state index in [0.29, 0.717) is 5.92 Å². The molecular formula is C27H37NO3. The first kappa shape index (κ1) is 21.2. The predicted molar refractivity (Wildman–Crippen MR) is 121 cm³/mol. The van der Waals surface area contributed by atoms with Gasteiger partial charge in [-0.1, -0.05) is 55.8 Å². The Morgan fingerprint density at radius 3 is 2.65 bits per heavy atom. The molecule has 1 aromatic rings. The zero-order valence-corrected chi connectivity index (χ0v) is 19.0. The summed E-state index contributed by atoms with van der Waals surface area (Å²) in [5.74, 6) is 0.803. The van der Waals surface area contributed by atoms with Crippen molar-refractivity contribution >= 4 is 5.97 Å². The van der Waals surface area contributed by atoms with Crippen molar-refractivity contribution in [3.8, 4) is 0 Å². The fourth-order valence-electron chi connectivity index (χ4n) is 6.87. The number of carbonyl (C=O) groups is 1. The monoisotopic (exact) mass is 423 g/mol. The highest BCUT2D eigenvalue weighted by molar-refractivity contribution is 5.76. The van der Waals surface area contributed by atoms with E-state index in [0.717, 1.165) is 51.2 Å². The number of carbonyl (C=O) groups excluding carboxylic acids is 1. The number of esters is 1. The number of hydrogen-bond donors (Lipinski definition) is 1. The van der Waals surface area contributed by atoms with Crippen LogP contribution in [-0.4, -0.2) is 47.8 Å². The summed E-state index contributed by atoms with van der Waals surface area (Å²) in [4.78, 5) is 15.3. The number of aliphatic hydroxyl groups is 1. The van der Waals surface area contributed by atoms with Crippen LogP contribution >= 0.6 is 0 Å². The van der Waals surface area contributed by atoms with E-state index >= 15 is 0 Å². The molecule has 0 radical (unpaired) electrons. The van der Waals surface area contributed by atoms with E-state index in [9.17, 15) is 9.90 Å². The van der Waals surface area contributed by atoms with Gasteiger partial charge in [0.1, 0.15) is 6.10 Å². The molecule has 0 bridgehead atoms. The Morgan fingerprint density at radius 1 is 1.16 bits per heavy atom. The van der Waals surface area contributed by atoms with Gasteiger partial charge in [-0.05, 0) is 62.6 Å². The molecular weight excluding hydrogens is 386 g/mol. The van der Waals surface area contributed by atoms with Gasteiger partial charge in [-0.25, -0.2) is 0 Å². The van der Waals surface area contributed by atoms with Gasteiger partial charge in [0.25, 0.3) is 0 Å².